The molecular formula is C15H24N2O2. The molecule has 0 saturated carbocycles. The zero-order valence-electron chi connectivity index (χ0n) is 11.7. The Kier molecular flexibility index (Phi) is 5.48. The van der Waals surface area contributed by atoms with Crippen LogP contribution in [0.25, 0.3) is 0 Å². The van der Waals surface area contributed by atoms with Gasteiger partial charge in [-0.3, -0.25) is 4.90 Å². The van der Waals surface area contributed by atoms with Crippen molar-refractivity contribution in [1.29, 1.82) is 0 Å². The van der Waals surface area contributed by atoms with Gasteiger partial charge in [-0.15, -0.1) is 0 Å². The molecule has 2 rings (SSSR count). The van der Waals surface area contributed by atoms with Crippen molar-refractivity contribution in [3.8, 4) is 5.75 Å². The maximum atomic E-state index is 5.84. The Bertz CT molecular complexity index is 376. The van der Waals surface area contributed by atoms with E-state index in [1.807, 2.05) is 24.3 Å². The molecule has 19 heavy (non-hydrogen) atoms. The third-order valence-corrected chi connectivity index (χ3v) is 3.69. The largest absolute Gasteiger partial charge is 0.490 e. The van der Waals surface area contributed by atoms with E-state index in [1.54, 1.807) is 7.11 Å². The molecule has 0 spiro atoms. The van der Waals surface area contributed by atoms with Crippen molar-refractivity contribution in [1.82, 2.24) is 4.90 Å². The zero-order chi connectivity index (χ0) is 13.5. The number of nitrogens with two attached hydrogens (primary N) is 1. The van der Waals surface area contributed by atoms with Crippen LogP contribution in [0.1, 0.15) is 12.8 Å². The summed E-state index contributed by atoms with van der Waals surface area (Å²) in [4.78, 5) is 2.45. The molecule has 0 aromatic heterocycles. The third-order valence-electron chi connectivity index (χ3n) is 3.69. The first-order valence-corrected chi connectivity index (χ1v) is 6.98. The van der Waals surface area contributed by atoms with Gasteiger partial charge in [0.25, 0.3) is 0 Å². The molecule has 0 amide bonds. The maximum absolute atomic E-state index is 5.84. The van der Waals surface area contributed by atoms with Crippen LogP contribution < -0.4 is 10.5 Å². The van der Waals surface area contributed by atoms with E-state index in [4.69, 9.17) is 15.2 Å². The minimum absolute atomic E-state index is 0.698. The van der Waals surface area contributed by atoms with Gasteiger partial charge in [-0.2, -0.15) is 0 Å². The highest BCUT2D eigenvalue weighted by Gasteiger charge is 2.18. The van der Waals surface area contributed by atoms with Crippen molar-refractivity contribution >= 4 is 5.69 Å². The first kappa shape index (κ1) is 14.2. The number of anilines is 1. The van der Waals surface area contributed by atoms with Crippen molar-refractivity contribution in [3.63, 3.8) is 0 Å². The lowest BCUT2D eigenvalue weighted by atomic mass is 9.98. The first-order valence-electron chi connectivity index (χ1n) is 6.98. The van der Waals surface area contributed by atoms with Crippen molar-refractivity contribution in [2.24, 2.45) is 5.92 Å². The monoisotopic (exact) mass is 264 g/mol. The second kappa shape index (κ2) is 7.36. The topological polar surface area (TPSA) is 47.7 Å². The van der Waals surface area contributed by atoms with Crippen LogP contribution in [-0.2, 0) is 4.74 Å². The van der Waals surface area contributed by atoms with Gasteiger partial charge in [0.1, 0.15) is 12.4 Å². The molecule has 1 heterocycles. The predicted octanol–water partition coefficient (Wildman–Crippen LogP) is 2.01. The smallest absolute Gasteiger partial charge is 0.142 e. The molecular weight excluding hydrogens is 240 g/mol. The van der Waals surface area contributed by atoms with Crippen LogP contribution in [0.5, 0.6) is 5.75 Å². The average Bonchev–Trinajstić information content (AvgIpc) is 2.43. The number of hydrogen-bond acceptors (Lipinski definition) is 4. The third kappa shape index (κ3) is 4.40. The highest BCUT2D eigenvalue weighted by molar-refractivity contribution is 5.51. The molecule has 1 aromatic rings. The number of nitrogens with zero attached hydrogens (tertiary/aromatic N) is 1. The minimum atomic E-state index is 0.698. The lowest BCUT2D eigenvalue weighted by Gasteiger charge is -2.31. The average molecular weight is 264 g/mol. The molecule has 2 N–H and O–H groups in total. The second-order valence-electron chi connectivity index (χ2n) is 5.13. The van der Waals surface area contributed by atoms with Crippen LogP contribution in [0.15, 0.2) is 24.3 Å². The fraction of sp³-hybridized carbons (Fsp3) is 0.600. The number of methoxy groups -OCH3 is 1. The number of hydrogen-bond donors (Lipinski definition) is 1. The number of nitrogen functional groups attached to an aromatic ring is 1. The first-order chi connectivity index (χ1) is 9.29. The zero-order valence-corrected chi connectivity index (χ0v) is 11.7. The summed E-state index contributed by atoms with van der Waals surface area (Å²) in [5.41, 5.74) is 6.55. The summed E-state index contributed by atoms with van der Waals surface area (Å²) in [6.07, 6.45) is 2.45. The highest BCUT2D eigenvalue weighted by Crippen LogP contribution is 2.20. The standard InChI is InChI=1S/C15H24N2O2/c1-18-12-13-6-8-17(9-7-13)10-11-19-15-5-3-2-4-14(15)16/h2-5,13H,6-12,16H2,1H3. The van der Waals surface area contributed by atoms with E-state index in [9.17, 15) is 0 Å². The number of likely N-dealkylation sites (tertiary alicyclic amines) is 1. The van der Waals surface area contributed by atoms with E-state index in [0.717, 1.165) is 37.9 Å². The second-order valence-corrected chi connectivity index (χ2v) is 5.13. The SMILES string of the molecule is COCC1CCN(CCOc2ccccc2N)CC1. The molecule has 1 aliphatic rings. The van der Waals surface area contributed by atoms with Crippen LogP contribution in [0.3, 0.4) is 0 Å². The molecule has 4 heteroatoms. The molecule has 4 nitrogen and oxygen atoms in total. The van der Waals surface area contributed by atoms with Gasteiger partial charge < -0.3 is 15.2 Å². The van der Waals surface area contributed by atoms with Gasteiger partial charge in [0, 0.05) is 20.3 Å². The number of para-hydroxylation sites is 2. The van der Waals surface area contributed by atoms with Gasteiger partial charge in [0.05, 0.1) is 5.69 Å². The molecule has 1 saturated heterocycles. The number of ether oxygens (including phenoxy) is 2. The summed E-state index contributed by atoms with van der Waals surface area (Å²) in [6, 6.07) is 7.65. The Morgan fingerprint density at radius 2 is 2.00 bits per heavy atom. The van der Waals surface area contributed by atoms with Crippen molar-refractivity contribution in [3.05, 3.63) is 24.3 Å². The van der Waals surface area contributed by atoms with E-state index in [0.29, 0.717) is 12.3 Å². The van der Waals surface area contributed by atoms with E-state index >= 15 is 0 Å². The van der Waals surface area contributed by atoms with Crippen LogP contribution in [-0.4, -0.2) is 44.9 Å². The minimum Gasteiger partial charge on any atom is -0.490 e. The quantitative estimate of drug-likeness (QED) is 0.798. The van der Waals surface area contributed by atoms with Crippen molar-refractivity contribution in [2.75, 3.05) is 45.7 Å². The predicted molar refractivity (Wildman–Crippen MR) is 77.4 cm³/mol. The van der Waals surface area contributed by atoms with Gasteiger partial charge in [0.2, 0.25) is 0 Å². The summed E-state index contributed by atoms with van der Waals surface area (Å²) < 4.78 is 10.9. The van der Waals surface area contributed by atoms with E-state index in [-0.39, 0.29) is 0 Å². The molecule has 1 aromatic carbocycles. The lowest BCUT2D eigenvalue weighted by molar-refractivity contribution is 0.0929. The molecule has 0 bridgehead atoms. The Labute approximate surface area is 115 Å². The summed E-state index contributed by atoms with van der Waals surface area (Å²) >= 11 is 0. The molecule has 0 unspecified atom stereocenters. The fourth-order valence-corrected chi connectivity index (χ4v) is 2.51. The Morgan fingerprint density at radius 1 is 1.26 bits per heavy atom. The Morgan fingerprint density at radius 3 is 2.68 bits per heavy atom. The molecule has 0 atom stereocenters. The maximum Gasteiger partial charge on any atom is 0.142 e. The number of benzene rings is 1. The van der Waals surface area contributed by atoms with Crippen LogP contribution in [0.2, 0.25) is 0 Å². The van der Waals surface area contributed by atoms with Gasteiger partial charge in [-0.1, -0.05) is 12.1 Å². The summed E-state index contributed by atoms with van der Waals surface area (Å²) in [5, 5.41) is 0. The van der Waals surface area contributed by atoms with Crippen LogP contribution >= 0.6 is 0 Å². The van der Waals surface area contributed by atoms with Gasteiger partial charge in [-0.05, 0) is 44.0 Å². The lowest BCUT2D eigenvalue weighted by Crippen LogP contribution is -2.37. The van der Waals surface area contributed by atoms with Gasteiger partial charge in [0.15, 0.2) is 0 Å². The molecule has 0 aliphatic carbocycles. The van der Waals surface area contributed by atoms with E-state index < -0.39 is 0 Å². The van der Waals surface area contributed by atoms with Crippen molar-refractivity contribution in [2.45, 2.75) is 12.8 Å². The normalized spacial score (nSPS) is 17.5. The highest BCUT2D eigenvalue weighted by atomic mass is 16.5. The Hall–Kier alpha value is -1.26. The van der Waals surface area contributed by atoms with Crippen LogP contribution in [0.4, 0.5) is 5.69 Å². The van der Waals surface area contributed by atoms with E-state index in [1.165, 1.54) is 12.8 Å². The molecule has 1 fully saturated rings. The van der Waals surface area contributed by atoms with E-state index in [2.05, 4.69) is 4.90 Å². The summed E-state index contributed by atoms with van der Waals surface area (Å²) in [6.45, 7) is 4.84. The number of piperidine rings is 1. The number of rotatable bonds is 6. The molecule has 0 radical (unpaired) electrons. The van der Waals surface area contributed by atoms with Gasteiger partial charge >= 0.3 is 0 Å². The Balaban J connectivity index is 1.66. The molecule has 1 aliphatic heterocycles. The van der Waals surface area contributed by atoms with Crippen molar-refractivity contribution < 1.29 is 9.47 Å². The summed E-state index contributed by atoms with van der Waals surface area (Å²) in [5.74, 6) is 1.52. The van der Waals surface area contributed by atoms with Crippen LogP contribution in [0, 0.1) is 5.92 Å². The fourth-order valence-electron chi connectivity index (χ4n) is 2.51. The summed E-state index contributed by atoms with van der Waals surface area (Å²) in [7, 11) is 1.78. The van der Waals surface area contributed by atoms with Gasteiger partial charge in [-0.25, -0.2) is 0 Å². The molecule has 106 valence electrons.